The Morgan fingerprint density at radius 3 is 2.63 bits per heavy atom. The lowest BCUT2D eigenvalue weighted by molar-refractivity contribution is 0.102. The number of benzene rings is 2. The monoisotopic (exact) mass is 339 g/mol. The molecule has 0 spiro atoms. The number of nitrogens with one attached hydrogen (secondary N) is 1. The molecule has 19 heavy (non-hydrogen) atoms. The van der Waals surface area contributed by atoms with E-state index >= 15 is 0 Å². The van der Waals surface area contributed by atoms with Crippen molar-refractivity contribution in [2.24, 2.45) is 0 Å². The topological polar surface area (TPSA) is 49.3 Å². The number of hydrogen-bond donors (Lipinski definition) is 2. The molecule has 2 aromatic carbocycles. The number of halogens is 2. The predicted molar refractivity (Wildman–Crippen MR) is 79.9 cm³/mol. The molecule has 0 aromatic heterocycles. The number of aromatic hydroxyl groups is 1. The molecule has 0 saturated carbocycles. The molecule has 2 N–H and O–H groups in total. The van der Waals surface area contributed by atoms with E-state index in [1.54, 1.807) is 37.3 Å². The maximum absolute atomic E-state index is 12.0. The van der Waals surface area contributed by atoms with Crippen LogP contribution in [-0.2, 0) is 0 Å². The lowest BCUT2D eigenvalue weighted by Crippen LogP contribution is -2.11. The number of hydrogen-bond acceptors (Lipinski definition) is 2. The van der Waals surface area contributed by atoms with E-state index in [2.05, 4.69) is 21.2 Å². The van der Waals surface area contributed by atoms with Crippen LogP contribution in [0, 0.1) is 6.92 Å². The highest BCUT2D eigenvalue weighted by molar-refractivity contribution is 9.10. The van der Waals surface area contributed by atoms with Gasteiger partial charge in [-0.1, -0.05) is 17.7 Å². The van der Waals surface area contributed by atoms with Gasteiger partial charge in [0.25, 0.3) is 5.91 Å². The van der Waals surface area contributed by atoms with Gasteiger partial charge in [-0.25, -0.2) is 0 Å². The molecular weight excluding hydrogens is 330 g/mol. The molecule has 1 amide bonds. The fourth-order valence-electron chi connectivity index (χ4n) is 1.53. The third kappa shape index (κ3) is 3.28. The third-order valence-electron chi connectivity index (χ3n) is 2.65. The lowest BCUT2D eigenvalue weighted by atomic mass is 10.1. The van der Waals surface area contributed by atoms with E-state index in [-0.39, 0.29) is 11.7 Å². The van der Waals surface area contributed by atoms with Crippen molar-refractivity contribution in [3.05, 3.63) is 57.0 Å². The van der Waals surface area contributed by atoms with Crippen molar-refractivity contribution in [3.8, 4) is 5.75 Å². The molecule has 2 aromatic rings. The summed E-state index contributed by atoms with van der Waals surface area (Å²) in [5, 5.41) is 12.9. The Bertz CT molecular complexity index is 643. The highest BCUT2D eigenvalue weighted by Gasteiger charge is 2.09. The quantitative estimate of drug-likeness (QED) is 0.853. The number of carbonyl (C=O) groups excluding carboxylic acids is 1. The second-order valence-corrected chi connectivity index (χ2v) is 5.35. The maximum Gasteiger partial charge on any atom is 0.255 e. The van der Waals surface area contributed by atoms with Gasteiger partial charge >= 0.3 is 0 Å². The van der Waals surface area contributed by atoms with E-state index in [1.807, 2.05) is 0 Å². The zero-order chi connectivity index (χ0) is 14.0. The zero-order valence-electron chi connectivity index (χ0n) is 10.1. The second kappa shape index (κ2) is 5.63. The largest absolute Gasteiger partial charge is 0.508 e. The van der Waals surface area contributed by atoms with Gasteiger partial charge in [0, 0.05) is 15.7 Å². The Morgan fingerprint density at radius 1 is 1.26 bits per heavy atom. The first-order valence-electron chi connectivity index (χ1n) is 5.53. The summed E-state index contributed by atoms with van der Waals surface area (Å²) in [6.45, 7) is 1.77. The van der Waals surface area contributed by atoms with Crippen molar-refractivity contribution in [1.29, 1.82) is 0 Å². The summed E-state index contributed by atoms with van der Waals surface area (Å²) < 4.78 is 0.707. The molecule has 0 aliphatic heterocycles. The van der Waals surface area contributed by atoms with Crippen molar-refractivity contribution in [2.75, 3.05) is 5.32 Å². The lowest BCUT2D eigenvalue weighted by Gasteiger charge is -2.07. The van der Waals surface area contributed by atoms with E-state index in [4.69, 9.17) is 11.6 Å². The average molecular weight is 341 g/mol. The van der Waals surface area contributed by atoms with Crippen LogP contribution in [0.5, 0.6) is 5.75 Å². The summed E-state index contributed by atoms with van der Waals surface area (Å²) >= 11 is 9.17. The van der Waals surface area contributed by atoms with Crippen LogP contribution in [-0.4, -0.2) is 11.0 Å². The van der Waals surface area contributed by atoms with Crippen LogP contribution >= 0.6 is 27.5 Å². The maximum atomic E-state index is 12.0. The van der Waals surface area contributed by atoms with Gasteiger partial charge in [0.05, 0.1) is 5.02 Å². The van der Waals surface area contributed by atoms with Gasteiger partial charge < -0.3 is 10.4 Å². The summed E-state index contributed by atoms with van der Waals surface area (Å²) in [6.07, 6.45) is 0. The Labute approximate surface area is 124 Å². The van der Waals surface area contributed by atoms with Gasteiger partial charge in [0.1, 0.15) is 5.75 Å². The molecule has 5 heteroatoms. The van der Waals surface area contributed by atoms with Gasteiger partial charge in [0.15, 0.2) is 0 Å². The molecular formula is C14H11BrClNO2. The fraction of sp³-hybridized carbons (Fsp3) is 0.0714. The summed E-state index contributed by atoms with van der Waals surface area (Å²) in [5.74, 6) is -0.186. The summed E-state index contributed by atoms with van der Waals surface area (Å²) in [4.78, 5) is 12.0. The molecule has 3 nitrogen and oxygen atoms in total. The highest BCUT2D eigenvalue weighted by atomic mass is 79.9. The van der Waals surface area contributed by atoms with Crippen molar-refractivity contribution in [1.82, 2.24) is 0 Å². The van der Waals surface area contributed by atoms with Gasteiger partial charge in [-0.2, -0.15) is 0 Å². The minimum Gasteiger partial charge on any atom is -0.508 e. The van der Waals surface area contributed by atoms with Gasteiger partial charge in [-0.15, -0.1) is 0 Å². The van der Waals surface area contributed by atoms with Crippen LogP contribution in [0.15, 0.2) is 40.9 Å². The molecule has 0 heterocycles. The molecule has 0 fully saturated rings. The average Bonchev–Trinajstić information content (AvgIpc) is 2.37. The van der Waals surface area contributed by atoms with Crippen LogP contribution in [0.4, 0.5) is 5.69 Å². The molecule has 98 valence electrons. The number of amides is 1. The number of aryl methyl sites for hydroxylation is 1. The molecule has 0 aliphatic carbocycles. The Morgan fingerprint density at radius 2 is 2.00 bits per heavy atom. The van der Waals surface area contributed by atoms with E-state index in [9.17, 15) is 9.90 Å². The Kier molecular flexibility index (Phi) is 4.12. The fourth-order valence-corrected chi connectivity index (χ4v) is 2.02. The van der Waals surface area contributed by atoms with Gasteiger partial charge in [-0.05, 0) is 58.7 Å². The molecule has 0 aliphatic rings. The van der Waals surface area contributed by atoms with E-state index in [1.165, 1.54) is 6.07 Å². The van der Waals surface area contributed by atoms with Crippen LogP contribution in [0.2, 0.25) is 5.02 Å². The molecule has 2 rings (SSSR count). The number of anilines is 1. The molecule has 0 bridgehead atoms. The molecule has 0 unspecified atom stereocenters. The van der Waals surface area contributed by atoms with E-state index in [0.717, 1.165) is 5.56 Å². The Hall–Kier alpha value is -1.52. The van der Waals surface area contributed by atoms with Crippen molar-refractivity contribution in [2.45, 2.75) is 6.92 Å². The van der Waals surface area contributed by atoms with Gasteiger partial charge in [0.2, 0.25) is 0 Å². The minimum absolute atomic E-state index is 0.102. The van der Waals surface area contributed by atoms with Gasteiger partial charge in [-0.3, -0.25) is 4.79 Å². The van der Waals surface area contributed by atoms with Crippen LogP contribution in [0.3, 0.4) is 0 Å². The standard InChI is InChI=1S/C14H11BrClNO2/c1-8-2-3-9(6-13(8)18)14(19)17-10-4-5-12(16)11(15)7-10/h2-7,18H,1H3,(H,17,19). The molecule has 0 saturated heterocycles. The van der Waals surface area contributed by atoms with Crippen molar-refractivity contribution >= 4 is 39.1 Å². The summed E-state index contributed by atoms with van der Waals surface area (Å²) in [5.41, 5.74) is 1.75. The number of rotatable bonds is 2. The predicted octanol–water partition coefficient (Wildman–Crippen LogP) is 4.37. The summed E-state index contributed by atoms with van der Waals surface area (Å²) in [7, 11) is 0. The highest BCUT2D eigenvalue weighted by Crippen LogP contribution is 2.26. The SMILES string of the molecule is Cc1ccc(C(=O)Nc2ccc(Cl)c(Br)c2)cc1O. The minimum atomic E-state index is -0.287. The van der Waals surface area contributed by atoms with E-state index < -0.39 is 0 Å². The number of phenolic OH excluding ortho intramolecular Hbond substituents is 1. The van der Waals surface area contributed by atoms with Crippen LogP contribution in [0.1, 0.15) is 15.9 Å². The first kappa shape index (κ1) is 13.9. The van der Waals surface area contributed by atoms with E-state index in [0.29, 0.717) is 20.7 Å². The molecule has 0 atom stereocenters. The van der Waals surface area contributed by atoms with Crippen LogP contribution < -0.4 is 5.32 Å². The van der Waals surface area contributed by atoms with Crippen LogP contribution in [0.25, 0.3) is 0 Å². The first-order valence-corrected chi connectivity index (χ1v) is 6.70. The number of carbonyl (C=O) groups is 1. The van der Waals surface area contributed by atoms with Crippen molar-refractivity contribution in [3.63, 3.8) is 0 Å². The smallest absolute Gasteiger partial charge is 0.255 e. The molecule has 0 radical (unpaired) electrons. The number of phenols is 1. The second-order valence-electron chi connectivity index (χ2n) is 4.08. The normalized spacial score (nSPS) is 10.3. The van der Waals surface area contributed by atoms with Crippen molar-refractivity contribution < 1.29 is 9.90 Å². The first-order chi connectivity index (χ1) is 8.97. The third-order valence-corrected chi connectivity index (χ3v) is 3.86. The zero-order valence-corrected chi connectivity index (χ0v) is 12.4. The summed E-state index contributed by atoms with van der Waals surface area (Å²) in [6, 6.07) is 9.91. The Balaban J connectivity index is 2.20.